The van der Waals surface area contributed by atoms with Crippen LogP contribution in [-0.4, -0.2) is 14.1 Å². The van der Waals surface area contributed by atoms with Crippen molar-refractivity contribution in [3.63, 3.8) is 0 Å². The van der Waals surface area contributed by atoms with Gasteiger partial charge in [-0.15, -0.1) is 12.3 Å². The van der Waals surface area contributed by atoms with Crippen molar-refractivity contribution in [2.24, 2.45) is 5.92 Å². The van der Waals surface area contributed by atoms with Gasteiger partial charge in [-0.3, -0.25) is 4.79 Å². The Bertz CT molecular complexity index is 549. The molecule has 22 heavy (non-hydrogen) atoms. The second kappa shape index (κ2) is 6.81. The molecule has 3 heteroatoms. The second-order valence-electron chi connectivity index (χ2n) is 7.07. The minimum atomic E-state index is -1.90. The van der Waals surface area contributed by atoms with Crippen LogP contribution >= 0.6 is 0 Å². The Hall–Kier alpha value is -1.37. The molecule has 118 valence electrons. The maximum Gasteiger partial charge on any atom is 0.185 e. The Balaban J connectivity index is 2.48. The third kappa shape index (κ3) is 3.51. The van der Waals surface area contributed by atoms with Crippen LogP contribution < -0.4 is 0 Å². The first kappa shape index (κ1) is 17.0. The van der Waals surface area contributed by atoms with Gasteiger partial charge in [-0.1, -0.05) is 36.8 Å². The Kier molecular flexibility index (Phi) is 5.26. The van der Waals surface area contributed by atoms with Crippen LogP contribution in [0.3, 0.4) is 0 Å². The number of hydrogen-bond acceptors (Lipinski definition) is 2. The molecule has 1 fully saturated rings. The Morgan fingerprint density at radius 1 is 1.32 bits per heavy atom. The van der Waals surface area contributed by atoms with E-state index in [2.05, 4.69) is 25.6 Å². The normalized spacial score (nSPS) is 18.1. The van der Waals surface area contributed by atoms with Gasteiger partial charge in [-0.2, -0.15) is 0 Å². The third-order valence-corrected chi connectivity index (χ3v) is 5.19. The maximum absolute atomic E-state index is 13.1. The van der Waals surface area contributed by atoms with E-state index in [1.54, 1.807) is 0 Å². The Morgan fingerprint density at radius 2 is 1.95 bits per heavy atom. The van der Waals surface area contributed by atoms with Gasteiger partial charge >= 0.3 is 0 Å². The number of rotatable bonds is 7. The summed E-state index contributed by atoms with van der Waals surface area (Å²) in [5.41, 5.74) is 0.213. The van der Waals surface area contributed by atoms with E-state index in [1.165, 1.54) is 6.42 Å². The highest BCUT2D eigenvalue weighted by Gasteiger charge is 2.51. The highest BCUT2D eigenvalue weighted by atomic mass is 28.4. The highest BCUT2D eigenvalue weighted by molar-refractivity contribution is 6.70. The zero-order valence-electron chi connectivity index (χ0n) is 13.9. The fourth-order valence-corrected chi connectivity index (χ4v) is 4.54. The molecule has 1 aromatic carbocycles. The molecule has 0 N–H and O–H groups in total. The average Bonchev–Trinajstić information content (AvgIpc) is 2.41. The molecule has 1 aliphatic carbocycles. The molecule has 0 aromatic heterocycles. The molecule has 0 radical (unpaired) electrons. The summed E-state index contributed by atoms with van der Waals surface area (Å²) in [7, 11) is -1.90. The van der Waals surface area contributed by atoms with E-state index in [9.17, 15) is 4.79 Å². The van der Waals surface area contributed by atoms with E-state index in [1.807, 2.05) is 30.3 Å². The maximum atomic E-state index is 13.1. The van der Waals surface area contributed by atoms with Crippen molar-refractivity contribution in [1.82, 2.24) is 0 Å². The van der Waals surface area contributed by atoms with Crippen LogP contribution in [0.5, 0.6) is 0 Å². The molecule has 1 aliphatic rings. The van der Waals surface area contributed by atoms with Crippen LogP contribution in [-0.2, 0) is 14.8 Å². The number of carbonyl (C=O) groups is 1. The number of ketones is 1. The first-order valence-corrected chi connectivity index (χ1v) is 11.5. The minimum absolute atomic E-state index is 0.156. The van der Waals surface area contributed by atoms with Crippen LogP contribution in [0.25, 0.3) is 0 Å². The minimum Gasteiger partial charge on any atom is -0.401 e. The van der Waals surface area contributed by atoms with Gasteiger partial charge in [-0.25, -0.2) is 0 Å². The van der Waals surface area contributed by atoms with Crippen molar-refractivity contribution >= 4 is 14.1 Å². The zero-order valence-corrected chi connectivity index (χ0v) is 14.9. The van der Waals surface area contributed by atoms with Crippen LogP contribution in [0, 0.1) is 18.3 Å². The highest BCUT2D eigenvalue weighted by Crippen LogP contribution is 2.48. The van der Waals surface area contributed by atoms with E-state index in [0.717, 1.165) is 18.4 Å². The lowest BCUT2D eigenvalue weighted by Gasteiger charge is -2.47. The van der Waals surface area contributed by atoms with Crippen LogP contribution in [0.1, 0.15) is 37.7 Å². The van der Waals surface area contributed by atoms with Gasteiger partial charge in [0.1, 0.15) is 5.60 Å². The summed E-state index contributed by atoms with van der Waals surface area (Å²) >= 11 is 0. The van der Waals surface area contributed by atoms with Gasteiger partial charge in [0.15, 0.2) is 14.1 Å². The first-order valence-electron chi connectivity index (χ1n) is 8.12. The lowest BCUT2D eigenvalue weighted by molar-refractivity contribution is -0.146. The molecule has 0 bridgehead atoms. The smallest absolute Gasteiger partial charge is 0.185 e. The molecule has 2 nitrogen and oxygen atoms in total. The summed E-state index contributed by atoms with van der Waals surface area (Å²) in [5, 5.41) is 0. The topological polar surface area (TPSA) is 26.3 Å². The van der Waals surface area contributed by atoms with Gasteiger partial charge in [-0.05, 0) is 44.0 Å². The van der Waals surface area contributed by atoms with E-state index < -0.39 is 13.9 Å². The van der Waals surface area contributed by atoms with Crippen molar-refractivity contribution < 1.29 is 9.22 Å². The SMILES string of the molecule is C#CCCC(=O)[C@](O[Si](C)(C)C)(c1ccccc1)C1CCC1. The summed E-state index contributed by atoms with van der Waals surface area (Å²) in [6.45, 7) is 6.45. The van der Waals surface area contributed by atoms with E-state index in [0.29, 0.717) is 12.8 Å². The second-order valence-corrected chi connectivity index (χ2v) is 11.5. The lowest BCUT2D eigenvalue weighted by atomic mass is 9.67. The van der Waals surface area contributed by atoms with Gasteiger partial charge in [0.2, 0.25) is 0 Å². The molecule has 0 aliphatic heterocycles. The predicted octanol–water partition coefficient (Wildman–Crippen LogP) is 4.52. The summed E-state index contributed by atoms with van der Waals surface area (Å²) in [5.74, 6) is 3.04. The lowest BCUT2D eigenvalue weighted by Crippen LogP contribution is -2.53. The predicted molar refractivity (Wildman–Crippen MR) is 93.0 cm³/mol. The molecule has 0 spiro atoms. The molecule has 2 rings (SSSR count). The molecule has 1 aromatic rings. The van der Waals surface area contributed by atoms with Gasteiger partial charge < -0.3 is 4.43 Å². The fraction of sp³-hybridized carbons (Fsp3) is 0.526. The van der Waals surface area contributed by atoms with Gasteiger partial charge in [0.05, 0.1) is 0 Å². The number of Topliss-reactive ketones (excluding diaryl/α,β-unsaturated/α-hetero) is 1. The monoisotopic (exact) mass is 314 g/mol. The number of terminal acetylenes is 1. The van der Waals surface area contributed by atoms with Crippen molar-refractivity contribution in [3.8, 4) is 12.3 Å². The first-order chi connectivity index (χ1) is 10.4. The standard InChI is InChI=1S/C19H26O2Si/c1-5-6-15-18(20)19(17-13-10-14-17,21-22(2,3)4)16-11-8-7-9-12-16/h1,7-9,11-12,17H,6,10,13-15H2,2-4H3/t19-/m0/s1. The molecular weight excluding hydrogens is 288 g/mol. The summed E-state index contributed by atoms with van der Waals surface area (Å²) in [6, 6.07) is 10.0. The zero-order chi connectivity index (χ0) is 16.2. The van der Waals surface area contributed by atoms with Crippen molar-refractivity contribution in [3.05, 3.63) is 35.9 Å². The number of benzene rings is 1. The largest absolute Gasteiger partial charge is 0.401 e. The quantitative estimate of drug-likeness (QED) is 0.546. The molecule has 0 amide bonds. The molecule has 0 heterocycles. The van der Waals surface area contributed by atoms with Crippen LogP contribution in [0.4, 0.5) is 0 Å². The van der Waals surface area contributed by atoms with E-state index >= 15 is 0 Å². The summed E-state index contributed by atoms with van der Waals surface area (Å²) in [6.07, 6.45) is 9.54. The van der Waals surface area contributed by atoms with Crippen molar-refractivity contribution in [2.45, 2.75) is 57.3 Å². The molecule has 1 atom stereocenters. The van der Waals surface area contributed by atoms with E-state index in [4.69, 9.17) is 10.8 Å². The number of hydrogen-bond donors (Lipinski definition) is 0. The van der Waals surface area contributed by atoms with Crippen LogP contribution in [0.2, 0.25) is 19.6 Å². The average molecular weight is 315 g/mol. The molecule has 0 saturated heterocycles. The fourth-order valence-electron chi connectivity index (χ4n) is 3.18. The summed E-state index contributed by atoms with van der Waals surface area (Å²) < 4.78 is 6.60. The Labute approximate surface area is 135 Å². The summed E-state index contributed by atoms with van der Waals surface area (Å²) in [4.78, 5) is 13.1. The molecule has 1 saturated carbocycles. The van der Waals surface area contributed by atoms with Gasteiger partial charge in [0.25, 0.3) is 0 Å². The Morgan fingerprint density at radius 3 is 2.41 bits per heavy atom. The van der Waals surface area contributed by atoms with Crippen molar-refractivity contribution in [2.75, 3.05) is 0 Å². The van der Waals surface area contributed by atoms with Crippen LogP contribution in [0.15, 0.2) is 30.3 Å². The third-order valence-electron chi connectivity index (χ3n) is 4.26. The van der Waals surface area contributed by atoms with E-state index in [-0.39, 0.29) is 11.7 Å². The van der Waals surface area contributed by atoms with Crippen molar-refractivity contribution in [1.29, 1.82) is 0 Å². The van der Waals surface area contributed by atoms with Gasteiger partial charge in [0, 0.05) is 12.8 Å². The molecular formula is C19H26O2Si. The molecule has 0 unspecified atom stereocenters. The number of carbonyl (C=O) groups excluding carboxylic acids is 1.